The molecule has 0 radical (unpaired) electrons. The van der Waals surface area contributed by atoms with Crippen LogP contribution in [0.1, 0.15) is 48.2 Å². The summed E-state index contributed by atoms with van der Waals surface area (Å²) in [6.45, 7) is 0. The van der Waals surface area contributed by atoms with Crippen LogP contribution in [0.2, 0.25) is 0 Å². The highest BCUT2D eigenvalue weighted by Gasteiger charge is 2.34. The topological polar surface area (TPSA) is 72.6 Å². The predicted molar refractivity (Wildman–Crippen MR) is 124 cm³/mol. The van der Waals surface area contributed by atoms with Crippen LogP contribution in [0.25, 0.3) is 0 Å². The SMILES string of the molecule is COc1ccc([C@@H]2CC(c3ccccc3)=NN2C(=O)CSc2nnc(C3CC3)n2C)cc1. The molecule has 3 aromatic rings. The first-order chi connectivity index (χ1) is 15.6. The standard InChI is InChI=1S/C24H25N5O2S/c1-28-23(18-8-9-18)25-26-24(28)32-15-22(30)29-21(17-10-12-19(31-2)13-11-17)14-20(27-29)16-6-4-3-5-7-16/h3-7,10-13,18,21H,8-9,14-15H2,1-2H3/t21-/m0/s1. The Kier molecular flexibility index (Phi) is 5.70. The maximum atomic E-state index is 13.3. The molecule has 164 valence electrons. The van der Waals surface area contributed by atoms with Crippen LogP contribution in [-0.4, -0.2) is 44.3 Å². The number of hydrogen-bond acceptors (Lipinski definition) is 6. The summed E-state index contributed by atoms with van der Waals surface area (Å²) in [6.07, 6.45) is 3.01. The van der Waals surface area contributed by atoms with Crippen molar-refractivity contribution < 1.29 is 9.53 Å². The van der Waals surface area contributed by atoms with Crippen LogP contribution in [0.15, 0.2) is 64.9 Å². The summed E-state index contributed by atoms with van der Waals surface area (Å²) in [5.41, 5.74) is 2.99. The van der Waals surface area contributed by atoms with E-state index in [4.69, 9.17) is 9.84 Å². The van der Waals surface area contributed by atoms with Crippen molar-refractivity contribution >= 4 is 23.4 Å². The van der Waals surface area contributed by atoms with Gasteiger partial charge in [0.25, 0.3) is 5.91 Å². The Morgan fingerprint density at radius 1 is 1.09 bits per heavy atom. The van der Waals surface area contributed by atoms with Crippen molar-refractivity contribution in [3.05, 3.63) is 71.5 Å². The molecule has 1 amide bonds. The lowest BCUT2D eigenvalue weighted by Crippen LogP contribution is -2.28. The third-order valence-electron chi connectivity index (χ3n) is 5.91. The van der Waals surface area contributed by atoms with Gasteiger partial charge in [0, 0.05) is 19.4 Å². The Balaban J connectivity index is 1.36. The summed E-state index contributed by atoms with van der Waals surface area (Å²) in [6, 6.07) is 17.7. The van der Waals surface area contributed by atoms with Crippen molar-refractivity contribution in [2.75, 3.05) is 12.9 Å². The zero-order valence-corrected chi connectivity index (χ0v) is 19.0. The number of carbonyl (C=O) groups is 1. The number of rotatable bonds is 7. The fourth-order valence-electron chi connectivity index (χ4n) is 3.97. The van der Waals surface area contributed by atoms with E-state index in [-0.39, 0.29) is 17.7 Å². The van der Waals surface area contributed by atoms with Crippen molar-refractivity contribution in [3.8, 4) is 5.75 Å². The van der Waals surface area contributed by atoms with E-state index in [1.807, 2.05) is 66.2 Å². The molecule has 0 saturated heterocycles. The molecular formula is C24H25N5O2S. The minimum Gasteiger partial charge on any atom is -0.497 e. The van der Waals surface area contributed by atoms with Gasteiger partial charge in [0.1, 0.15) is 11.6 Å². The van der Waals surface area contributed by atoms with Crippen molar-refractivity contribution in [1.29, 1.82) is 0 Å². The fraction of sp³-hybridized carbons (Fsp3) is 0.333. The van der Waals surface area contributed by atoms with Crippen LogP contribution in [0.4, 0.5) is 0 Å². The first-order valence-corrected chi connectivity index (χ1v) is 11.7. The number of amides is 1. The highest BCUT2D eigenvalue weighted by Crippen LogP contribution is 2.40. The number of carbonyl (C=O) groups excluding carboxylic acids is 1. The van der Waals surface area contributed by atoms with Crippen molar-refractivity contribution in [3.63, 3.8) is 0 Å². The Morgan fingerprint density at radius 3 is 2.53 bits per heavy atom. The Hall–Kier alpha value is -3.13. The van der Waals surface area contributed by atoms with Crippen LogP contribution in [0, 0.1) is 0 Å². The number of aromatic nitrogens is 3. The molecule has 0 N–H and O–H groups in total. The average molecular weight is 448 g/mol. The van der Waals surface area contributed by atoms with Crippen molar-refractivity contribution in [2.24, 2.45) is 12.1 Å². The molecule has 1 fully saturated rings. The number of hydrazone groups is 1. The second kappa shape index (κ2) is 8.78. The molecule has 0 spiro atoms. The van der Waals surface area contributed by atoms with Gasteiger partial charge in [-0.25, -0.2) is 5.01 Å². The molecule has 32 heavy (non-hydrogen) atoms. The van der Waals surface area contributed by atoms with Gasteiger partial charge in [0.05, 0.1) is 24.6 Å². The minimum absolute atomic E-state index is 0.0438. The fourth-order valence-corrected chi connectivity index (χ4v) is 4.74. The summed E-state index contributed by atoms with van der Waals surface area (Å²) < 4.78 is 7.30. The molecule has 2 aromatic carbocycles. The van der Waals surface area contributed by atoms with E-state index < -0.39 is 0 Å². The Morgan fingerprint density at radius 2 is 1.84 bits per heavy atom. The lowest BCUT2D eigenvalue weighted by atomic mass is 9.98. The van der Waals surface area contributed by atoms with Crippen LogP contribution >= 0.6 is 11.8 Å². The van der Waals surface area contributed by atoms with Gasteiger partial charge >= 0.3 is 0 Å². The summed E-state index contributed by atoms with van der Waals surface area (Å²) in [7, 11) is 3.62. The van der Waals surface area contributed by atoms with Gasteiger partial charge in [-0.15, -0.1) is 10.2 Å². The van der Waals surface area contributed by atoms with Gasteiger partial charge in [-0.2, -0.15) is 5.10 Å². The number of ether oxygens (including phenoxy) is 1. The molecule has 7 nitrogen and oxygen atoms in total. The maximum absolute atomic E-state index is 13.3. The summed E-state index contributed by atoms with van der Waals surface area (Å²) in [4.78, 5) is 13.3. The summed E-state index contributed by atoms with van der Waals surface area (Å²) in [5.74, 6) is 2.54. The van der Waals surface area contributed by atoms with E-state index in [0.29, 0.717) is 12.3 Å². The number of methoxy groups -OCH3 is 1. The molecule has 5 rings (SSSR count). The van der Waals surface area contributed by atoms with Crippen LogP contribution < -0.4 is 4.74 Å². The molecule has 8 heteroatoms. The van der Waals surface area contributed by atoms with E-state index in [9.17, 15) is 4.79 Å². The van der Waals surface area contributed by atoms with Gasteiger partial charge in [-0.3, -0.25) is 4.79 Å². The molecule has 2 heterocycles. The molecule has 1 aromatic heterocycles. The van der Waals surface area contributed by atoms with E-state index in [2.05, 4.69) is 10.2 Å². The van der Waals surface area contributed by atoms with Gasteiger partial charge in [0.2, 0.25) is 0 Å². The second-order valence-corrected chi connectivity index (χ2v) is 9.05. The number of benzene rings is 2. The molecule has 1 atom stereocenters. The van der Waals surface area contributed by atoms with Gasteiger partial charge in [-0.05, 0) is 36.1 Å². The van der Waals surface area contributed by atoms with Gasteiger partial charge in [-0.1, -0.05) is 54.2 Å². The lowest BCUT2D eigenvalue weighted by molar-refractivity contribution is -0.130. The third kappa shape index (κ3) is 4.14. The minimum atomic E-state index is -0.147. The summed E-state index contributed by atoms with van der Waals surface area (Å²) in [5, 5.41) is 15.8. The number of nitrogens with zero attached hydrogens (tertiary/aromatic N) is 5. The molecule has 1 saturated carbocycles. The number of thioether (sulfide) groups is 1. The van der Waals surface area contributed by atoms with Gasteiger partial charge < -0.3 is 9.30 Å². The highest BCUT2D eigenvalue weighted by molar-refractivity contribution is 7.99. The summed E-state index contributed by atoms with van der Waals surface area (Å²) >= 11 is 1.42. The lowest BCUT2D eigenvalue weighted by Gasteiger charge is -2.22. The molecule has 0 bridgehead atoms. The zero-order valence-electron chi connectivity index (χ0n) is 18.1. The molecule has 1 aliphatic carbocycles. The molecule has 2 aliphatic rings. The van der Waals surface area contributed by atoms with E-state index in [0.717, 1.165) is 33.6 Å². The Bertz CT molecular complexity index is 1140. The van der Waals surface area contributed by atoms with Gasteiger partial charge in [0.15, 0.2) is 5.16 Å². The third-order valence-corrected chi connectivity index (χ3v) is 6.91. The molecule has 1 aliphatic heterocycles. The van der Waals surface area contributed by atoms with Crippen molar-refractivity contribution in [2.45, 2.75) is 36.4 Å². The van der Waals surface area contributed by atoms with Crippen molar-refractivity contribution in [1.82, 2.24) is 19.8 Å². The average Bonchev–Trinajstić information content (AvgIpc) is 3.46. The number of hydrogen-bond donors (Lipinski definition) is 0. The largest absolute Gasteiger partial charge is 0.497 e. The van der Waals surface area contributed by atoms with Crippen LogP contribution in [0.3, 0.4) is 0 Å². The van der Waals surface area contributed by atoms with Crippen LogP contribution in [0.5, 0.6) is 5.75 Å². The monoisotopic (exact) mass is 447 g/mol. The van der Waals surface area contributed by atoms with E-state index in [1.165, 1.54) is 24.6 Å². The highest BCUT2D eigenvalue weighted by atomic mass is 32.2. The predicted octanol–water partition coefficient (Wildman–Crippen LogP) is 4.17. The smallest absolute Gasteiger partial charge is 0.253 e. The zero-order chi connectivity index (χ0) is 22.1. The van der Waals surface area contributed by atoms with Crippen LogP contribution in [-0.2, 0) is 11.8 Å². The Labute approximate surface area is 191 Å². The second-order valence-electron chi connectivity index (χ2n) is 8.11. The molecular weight excluding hydrogens is 422 g/mol. The first kappa shape index (κ1) is 20.8. The van der Waals surface area contributed by atoms with E-state index >= 15 is 0 Å². The van der Waals surface area contributed by atoms with E-state index in [1.54, 1.807) is 12.1 Å². The molecule has 0 unspecified atom stereocenters. The quantitative estimate of drug-likeness (QED) is 0.508. The first-order valence-electron chi connectivity index (χ1n) is 10.7. The normalized spacial score (nSPS) is 18.0. The maximum Gasteiger partial charge on any atom is 0.253 e.